The Bertz CT molecular complexity index is 228. The smallest absolute Gasteiger partial charge is 0.309 e. The number of hydrogen-bond donors (Lipinski definition) is 0. The molecule has 0 radical (unpaired) electrons. The molecule has 5 atom stereocenters. The summed E-state index contributed by atoms with van der Waals surface area (Å²) in [7, 11) is 0. The summed E-state index contributed by atoms with van der Waals surface area (Å²) in [5, 5.41) is 0. The van der Waals surface area contributed by atoms with E-state index in [-0.39, 0.29) is 18.0 Å². The van der Waals surface area contributed by atoms with Gasteiger partial charge in [0.05, 0.1) is 9.84 Å². The minimum atomic E-state index is 0.0849. The van der Waals surface area contributed by atoms with Crippen molar-refractivity contribution in [2.24, 2.45) is 17.8 Å². The monoisotopic (exact) mass is 264 g/mol. The van der Waals surface area contributed by atoms with Crippen LogP contribution in [0, 0.1) is 17.8 Å². The Labute approximate surface area is 78.8 Å². The predicted molar refractivity (Wildman–Crippen MR) is 47.4 cm³/mol. The van der Waals surface area contributed by atoms with Gasteiger partial charge in [-0.1, -0.05) is 22.6 Å². The Balaban J connectivity index is 2.04. The Morgan fingerprint density at radius 2 is 2.27 bits per heavy atom. The highest BCUT2D eigenvalue weighted by Crippen LogP contribution is 2.56. The first-order valence-electron chi connectivity index (χ1n) is 4.12. The minimum Gasteiger partial charge on any atom is -0.461 e. The van der Waals surface area contributed by atoms with E-state index in [2.05, 4.69) is 22.6 Å². The van der Waals surface area contributed by atoms with Gasteiger partial charge in [-0.05, 0) is 18.8 Å². The molecule has 60 valence electrons. The van der Waals surface area contributed by atoms with Crippen LogP contribution in [0.15, 0.2) is 0 Å². The van der Waals surface area contributed by atoms with Crippen molar-refractivity contribution in [1.82, 2.24) is 0 Å². The molecule has 0 aromatic heterocycles. The molecule has 11 heavy (non-hydrogen) atoms. The second-order valence-electron chi connectivity index (χ2n) is 3.85. The maximum atomic E-state index is 11.2. The standard InChI is InChI=1S/C8H9IO2/c9-6-3-1-4-5(2-3)8(10)11-7(4)6/h3-7H,1-2H2/t3-,4-,5+,6-,7+/m1/s1. The van der Waals surface area contributed by atoms with Gasteiger partial charge < -0.3 is 4.74 Å². The van der Waals surface area contributed by atoms with Crippen molar-refractivity contribution in [3.63, 3.8) is 0 Å². The molecule has 2 bridgehead atoms. The minimum absolute atomic E-state index is 0.0849. The molecule has 0 N–H and O–H groups in total. The normalized spacial score (nSPS) is 58.6. The number of carbonyl (C=O) groups excluding carboxylic acids is 1. The van der Waals surface area contributed by atoms with Crippen LogP contribution in [0.5, 0.6) is 0 Å². The van der Waals surface area contributed by atoms with Gasteiger partial charge in [0, 0.05) is 5.92 Å². The molecule has 2 saturated carbocycles. The topological polar surface area (TPSA) is 26.3 Å². The zero-order chi connectivity index (χ0) is 7.59. The Morgan fingerprint density at radius 1 is 1.45 bits per heavy atom. The highest BCUT2D eigenvalue weighted by atomic mass is 127. The zero-order valence-corrected chi connectivity index (χ0v) is 8.15. The summed E-state index contributed by atoms with van der Waals surface area (Å²) < 4.78 is 5.92. The van der Waals surface area contributed by atoms with Crippen LogP contribution in [0.2, 0.25) is 0 Å². The number of halogens is 1. The molecule has 1 aliphatic heterocycles. The molecule has 0 aromatic carbocycles. The Morgan fingerprint density at radius 3 is 2.91 bits per heavy atom. The highest BCUT2D eigenvalue weighted by Gasteiger charge is 2.60. The van der Waals surface area contributed by atoms with E-state index in [1.165, 1.54) is 6.42 Å². The van der Waals surface area contributed by atoms with Crippen LogP contribution in [0.25, 0.3) is 0 Å². The Kier molecular flexibility index (Phi) is 1.17. The number of esters is 1. The van der Waals surface area contributed by atoms with E-state index in [4.69, 9.17) is 4.74 Å². The maximum absolute atomic E-state index is 11.2. The summed E-state index contributed by atoms with van der Waals surface area (Å²) in [6.45, 7) is 0. The molecule has 0 aromatic rings. The van der Waals surface area contributed by atoms with Crippen molar-refractivity contribution in [3.8, 4) is 0 Å². The average molecular weight is 264 g/mol. The summed E-state index contributed by atoms with van der Waals surface area (Å²) >= 11 is 2.45. The van der Waals surface area contributed by atoms with Crippen LogP contribution in [0.3, 0.4) is 0 Å². The lowest BCUT2D eigenvalue weighted by molar-refractivity contribution is -0.143. The predicted octanol–water partition coefficient (Wildman–Crippen LogP) is 1.37. The maximum Gasteiger partial charge on any atom is 0.309 e. The van der Waals surface area contributed by atoms with Gasteiger partial charge in [0.25, 0.3) is 0 Å². The first kappa shape index (κ1) is 6.69. The lowest BCUT2D eigenvalue weighted by Gasteiger charge is -2.19. The SMILES string of the molecule is O=C1O[C@@H]2[C@H](I)[C@@H]3C[C@@H]2[C@@H]1C3. The lowest BCUT2D eigenvalue weighted by atomic mass is 9.90. The summed E-state index contributed by atoms with van der Waals surface area (Å²) in [4.78, 5) is 11.2. The molecule has 2 nitrogen and oxygen atoms in total. The van der Waals surface area contributed by atoms with E-state index < -0.39 is 0 Å². The van der Waals surface area contributed by atoms with Crippen molar-refractivity contribution in [2.75, 3.05) is 0 Å². The van der Waals surface area contributed by atoms with Gasteiger partial charge >= 0.3 is 5.97 Å². The molecule has 0 unspecified atom stereocenters. The van der Waals surface area contributed by atoms with Crippen LogP contribution in [0.4, 0.5) is 0 Å². The molecular weight excluding hydrogens is 255 g/mol. The van der Waals surface area contributed by atoms with Crippen LogP contribution < -0.4 is 0 Å². The molecule has 3 rings (SSSR count). The van der Waals surface area contributed by atoms with Gasteiger partial charge in [-0.2, -0.15) is 0 Å². The molecule has 3 heteroatoms. The molecule has 3 fully saturated rings. The van der Waals surface area contributed by atoms with Gasteiger partial charge in [0.2, 0.25) is 0 Å². The van der Waals surface area contributed by atoms with Gasteiger partial charge in [-0.15, -0.1) is 0 Å². The van der Waals surface area contributed by atoms with Crippen LogP contribution in [0.1, 0.15) is 12.8 Å². The molecule has 0 amide bonds. The van der Waals surface area contributed by atoms with Crippen molar-refractivity contribution in [3.05, 3.63) is 0 Å². The third kappa shape index (κ3) is 0.661. The van der Waals surface area contributed by atoms with E-state index in [9.17, 15) is 4.79 Å². The molecule has 0 spiro atoms. The van der Waals surface area contributed by atoms with Gasteiger partial charge in [-0.25, -0.2) is 0 Å². The summed E-state index contributed by atoms with van der Waals surface area (Å²) in [5.41, 5.74) is 0. The average Bonchev–Trinajstić information content (AvgIpc) is 2.53. The summed E-state index contributed by atoms with van der Waals surface area (Å²) in [5.74, 6) is 1.74. The molecule has 3 aliphatic rings. The third-order valence-electron chi connectivity index (χ3n) is 3.39. The number of carbonyl (C=O) groups is 1. The van der Waals surface area contributed by atoms with Crippen LogP contribution in [-0.4, -0.2) is 16.0 Å². The zero-order valence-electron chi connectivity index (χ0n) is 6.00. The third-order valence-corrected chi connectivity index (χ3v) is 5.12. The van der Waals surface area contributed by atoms with Crippen LogP contribution in [-0.2, 0) is 9.53 Å². The fraction of sp³-hybridized carbons (Fsp3) is 0.875. The van der Waals surface area contributed by atoms with Crippen molar-refractivity contribution < 1.29 is 9.53 Å². The van der Waals surface area contributed by atoms with Crippen LogP contribution >= 0.6 is 22.6 Å². The first-order chi connectivity index (χ1) is 5.27. The van der Waals surface area contributed by atoms with E-state index in [1.807, 2.05) is 0 Å². The number of ether oxygens (including phenoxy) is 1. The fourth-order valence-electron chi connectivity index (χ4n) is 2.88. The molecular formula is C8H9IO2. The number of alkyl halides is 1. The molecule has 1 heterocycles. The summed E-state index contributed by atoms with van der Waals surface area (Å²) in [6, 6.07) is 0. The first-order valence-corrected chi connectivity index (χ1v) is 5.36. The number of hydrogen-bond acceptors (Lipinski definition) is 2. The second kappa shape index (κ2) is 1.92. The number of fused-ring (bicyclic) bond motifs is 1. The van der Waals surface area contributed by atoms with E-state index >= 15 is 0 Å². The van der Waals surface area contributed by atoms with Gasteiger partial charge in [0.15, 0.2) is 0 Å². The van der Waals surface area contributed by atoms with E-state index in [0.717, 1.165) is 12.3 Å². The Hall–Kier alpha value is 0.200. The van der Waals surface area contributed by atoms with Gasteiger partial charge in [-0.3, -0.25) is 4.79 Å². The van der Waals surface area contributed by atoms with Crippen molar-refractivity contribution in [1.29, 1.82) is 0 Å². The summed E-state index contributed by atoms with van der Waals surface area (Å²) in [6.07, 6.45) is 2.63. The quantitative estimate of drug-likeness (QED) is 0.375. The van der Waals surface area contributed by atoms with E-state index in [0.29, 0.717) is 9.84 Å². The highest BCUT2D eigenvalue weighted by molar-refractivity contribution is 14.1. The fourth-order valence-corrected chi connectivity index (χ4v) is 4.15. The number of rotatable bonds is 0. The van der Waals surface area contributed by atoms with Crippen molar-refractivity contribution in [2.45, 2.75) is 22.9 Å². The van der Waals surface area contributed by atoms with Gasteiger partial charge in [0.1, 0.15) is 6.10 Å². The second-order valence-corrected chi connectivity index (χ2v) is 5.29. The largest absolute Gasteiger partial charge is 0.461 e. The molecule has 2 aliphatic carbocycles. The molecule has 1 saturated heterocycles. The van der Waals surface area contributed by atoms with E-state index in [1.54, 1.807) is 0 Å². The van der Waals surface area contributed by atoms with Crippen molar-refractivity contribution >= 4 is 28.6 Å². The lowest BCUT2D eigenvalue weighted by Crippen LogP contribution is -2.26.